The minimum Gasteiger partial charge on any atom is -0.357 e. The van der Waals surface area contributed by atoms with Crippen molar-refractivity contribution < 1.29 is 17.2 Å². The molecule has 0 saturated carbocycles. The Labute approximate surface area is 137 Å². The average molecular weight is 348 g/mol. The normalized spacial score (nSPS) is 15.6. The highest BCUT2D eigenvalue weighted by Crippen LogP contribution is 2.30. The number of para-hydroxylation sites is 1. The lowest BCUT2D eigenvalue weighted by molar-refractivity contribution is 0.385. The summed E-state index contributed by atoms with van der Waals surface area (Å²) in [6.45, 7) is 0.400. The number of nitrogens with zero attached hydrogens (tertiary/aromatic N) is 1. The van der Waals surface area contributed by atoms with Crippen LogP contribution < -0.4 is 0 Å². The predicted octanol–water partition coefficient (Wildman–Crippen LogP) is 3.19. The van der Waals surface area contributed by atoms with Gasteiger partial charge in [0.2, 0.25) is 10.0 Å². The van der Waals surface area contributed by atoms with Crippen LogP contribution in [0.2, 0.25) is 0 Å². The van der Waals surface area contributed by atoms with Crippen LogP contribution >= 0.6 is 0 Å². The van der Waals surface area contributed by atoms with Gasteiger partial charge in [0, 0.05) is 29.2 Å². The Morgan fingerprint density at radius 3 is 2.67 bits per heavy atom. The molecule has 1 aliphatic heterocycles. The third-order valence-electron chi connectivity index (χ3n) is 4.36. The first kappa shape index (κ1) is 15.3. The first-order chi connectivity index (χ1) is 11.5. The van der Waals surface area contributed by atoms with Gasteiger partial charge in [-0.25, -0.2) is 17.2 Å². The van der Waals surface area contributed by atoms with Crippen molar-refractivity contribution in [2.24, 2.45) is 0 Å². The van der Waals surface area contributed by atoms with Crippen LogP contribution in [0.5, 0.6) is 0 Å². The average Bonchev–Trinajstić information content (AvgIpc) is 2.92. The van der Waals surface area contributed by atoms with E-state index in [0.29, 0.717) is 12.5 Å². The molecule has 3 aromatic rings. The minimum atomic E-state index is -4.02. The Kier molecular flexibility index (Phi) is 3.43. The number of aromatic nitrogens is 1. The molecule has 2 heterocycles. The Morgan fingerprint density at radius 2 is 1.88 bits per heavy atom. The van der Waals surface area contributed by atoms with Crippen molar-refractivity contribution in [3.63, 3.8) is 0 Å². The van der Waals surface area contributed by atoms with Gasteiger partial charge < -0.3 is 4.98 Å². The summed E-state index contributed by atoms with van der Waals surface area (Å²) >= 11 is 0. The molecular formula is C17H14F2N2O2S. The highest BCUT2D eigenvalue weighted by Gasteiger charge is 2.32. The topological polar surface area (TPSA) is 53.2 Å². The summed E-state index contributed by atoms with van der Waals surface area (Å²) in [5, 5.41) is 1.08. The van der Waals surface area contributed by atoms with E-state index < -0.39 is 26.6 Å². The third kappa shape index (κ3) is 2.32. The van der Waals surface area contributed by atoms with E-state index in [-0.39, 0.29) is 13.1 Å². The van der Waals surface area contributed by atoms with E-state index in [2.05, 4.69) is 4.98 Å². The number of aromatic amines is 1. The van der Waals surface area contributed by atoms with E-state index in [4.69, 9.17) is 0 Å². The van der Waals surface area contributed by atoms with E-state index in [1.165, 1.54) is 4.31 Å². The molecule has 124 valence electrons. The maximum atomic E-state index is 13.9. The molecule has 0 bridgehead atoms. The molecule has 1 aliphatic rings. The van der Waals surface area contributed by atoms with Crippen LogP contribution in [0.3, 0.4) is 0 Å². The van der Waals surface area contributed by atoms with Crippen molar-refractivity contribution in [1.29, 1.82) is 0 Å². The van der Waals surface area contributed by atoms with Gasteiger partial charge in [0.15, 0.2) is 0 Å². The molecule has 0 atom stereocenters. The van der Waals surface area contributed by atoms with Crippen molar-refractivity contribution in [2.75, 3.05) is 6.54 Å². The van der Waals surface area contributed by atoms with Crippen molar-refractivity contribution in [3.8, 4) is 0 Å². The van der Waals surface area contributed by atoms with Crippen LogP contribution in [0.4, 0.5) is 8.78 Å². The second-order valence-corrected chi connectivity index (χ2v) is 7.70. The molecular weight excluding hydrogens is 334 g/mol. The van der Waals surface area contributed by atoms with Crippen LogP contribution in [0.1, 0.15) is 11.3 Å². The molecule has 0 amide bonds. The fraction of sp³-hybridized carbons (Fsp3) is 0.176. The lowest BCUT2D eigenvalue weighted by Crippen LogP contribution is -2.36. The van der Waals surface area contributed by atoms with E-state index in [9.17, 15) is 17.2 Å². The molecule has 4 rings (SSSR count). The summed E-state index contributed by atoms with van der Waals surface area (Å²) in [5.74, 6) is -1.87. The molecule has 24 heavy (non-hydrogen) atoms. The summed E-state index contributed by atoms with van der Waals surface area (Å²) in [4.78, 5) is 2.74. The van der Waals surface area contributed by atoms with Gasteiger partial charge in [-0.05, 0) is 30.2 Å². The monoisotopic (exact) mass is 348 g/mol. The zero-order valence-corrected chi connectivity index (χ0v) is 13.4. The first-order valence-electron chi connectivity index (χ1n) is 7.50. The zero-order valence-electron chi connectivity index (χ0n) is 12.6. The number of hydrogen-bond acceptors (Lipinski definition) is 2. The van der Waals surface area contributed by atoms with Crippen molar-refractivity contribution in [1.82, 2.24) is 9.29 Å². The van der Waals surface area contributed by atoms with Crippen LogP contribution in [0.25, 0.3) is 10.9 Å². The third-order valence-corrected chi connectivity index (χ3v) is 6.24. The van der Waals surface area contributed by atoms with Gasteiger partial charge in [0.25, 0.3) is 0 Å². The smallest absolute Gasteiger partial charge is 0.246 e. The molecule has 0 unspecified atom stereocenters. The molecule has 0 aliphatic carbocycles. The minimum absolute atomic E-state index is 0.142. The number of sulfonamides is 1. The summed E-state index contributed by atoms with van der Waals surface area (Å²) < 4.78 is 53.6. The van der Waals surface area contributed by atoms with Gasteiger partial charge in [-0.3, -0.25) is 0 Å². The van der Waals surface area contributed by atoms with Gasteiger partial charge in [-0.15, -0.1) is 0 Å². The molecule has 0 spiro atoms. The lowest BCUT2D eigenvalue weighted by atomic mass is 10.1. The molecule has 7 heteroatoms. The Hall–Kier alpha value is -2.25. The maximum Gasteiger partial charge on any atom is 0.246 e. The number of benzene rings is 2. The second-order valence-electron chi connectivity index (χ2n) is 5.79. The number of halogens is 2. The quantitative estimate of drug-likeness (QED) is 0.773. The summed E-state index contributed by atoms with van der Waals surface area (Å²) in [7, 11) is -4.02. The number of hydrogen-bond donors (Lipinski definition) is 1. The Balaban J connectivity index is 1.73. The highest BCUT2D eigenvalue weighted by molar-refractivity contribution is 7.89. The predicted molar refractivity (Wildman–Crippen MR) is 86.0 cm³/mol. The van der Waals surface area contributed by atoms with Crippen LogP contribution in [0.15, 0.2) is 47.4 Å². The molecule has 4 nitrogen and oxygen atoms in total. The Morgan fingerprint density at radius 1 is 1.08 bits per heavy atom. The van der Waals surface area contributed by atoms with Gasteiger partial charge in [0.1, 0.15) is 16.5 Å². The summed E-state index contributed by atoms with van der Waals surface area (Å²) in [6.07, 6.45) is 0.543. The maximum absolute atomic E-state index is 13.9. The Bertz CT molecular complexity index is 1040. The van der Waals surface area contributed by atoms with Crippen molar-refractivity contribution >= 4 is 20.9 Å². The fourth-order valence-corrected chi connectivity index (χ4v) is 4.65. The molecule has 1 aromatic heterocycles. The standard InChI is InChI=1S/C17H14F2N2O2S/c18-11-5-6-17(14(19)9-11)24(22,23)21-8-7-13-12-3-1-2-4-15(12)20-16(13)10-21/h1-6,9,20H,7-8,10H2. The van der Waals surface area contributed by atoms with E-state index in [1.807, 2.05) is 24.3 Å². The van der Waals surface area contributed by atoms with Crippen molar-refractivity contribution in [3.05, 3.63) is 65.4 Å². The molecule has 0 radical (unpaired) electrons. The number of nitrogens with one attached hydrogen (secondary N) is 1. The SMILES string of the molecule is O=S(=O)(c1ccc(F)cc1F)N1CCc2c([nH]c3ccccc23)C1. The van der Waals surface area contributed by atoms with E-state index >= 15 is 0 Å². The van der Waals surface area contributed by atoms with E-state index in [0.717, 1.165) is 34.3 Å². The summed E-state index contributed by atoms with van der Waals surface area (Å²) in [6, 6.07) is 10.3. The molecule has 2 aromatic carbocycles. The first-order valence-corrected chi connectivity index (χ1v) is 8.94. The van der Waals surface area contributed by atoms with Crippen molar-refractivity contribution in [2.45, 2.75) is 17.9 Å². The van der Waals surface area contributed by atoms with Crippen LogP contribution in [-0.2, 0) is 23.0 Å². The number of H-pyrrole nitrogens is 1. The second kappa shape index (κ2) is 5.39. The number of rotatable bonds is 2. The largest absolute Gasteiger partial charge is 0.357 e. The van der Waals surface area contributed by atoms with E-state index in [1.54, 1.807) is 0 Å². The van der Waals surface area contributed by atoms with Gasteiger partial charge >= 0.3 is 0 Å². The highest BCUT2D eigenvalue weighted by atomic mass is 32.2. The van der Waals surface area contributed by atoms with Gasteiger partial charge in [0.05, 0.1) is 6.54 Å². The molecule has 0 fully saturated rings. The lowest BCUT2D eigenvalue weighted by Gasteiger charge is -2.26. The van der Waals surface area contributed by atoms with Crippen LogP contribution in [0, 0.1) is 11.6 Å². The van der Waals surface area contributed by atoms with Crippen LogP contribution in [-0.4, -0.2) is 24.3 Å². The zero-order chi connectivity index (χ0) is 16.9. The summed E-state index contributed by atoms with van der Waals surface area (Å²) in [5.41, 5.74) is 2.86. The van der Waals surface area contributed by atoms with Gasteiger partial charge in [-0.2, -0.15) is 4.31 Å². The fourth-order valence-electron chi connectivity index (χ4n) is 3.20. The molecule has 1 N–H and O–H groups in total. The van der Waals surface area contributed by atoms with Gasteiger partial charge in [-0.1, -0.05) is 18.2 Å². The number of fused-ring (bicyclic) bond motifs is 3. The molecule has 0 saturated heterocycles.